The Kier molecular flexibility index (Phi) is 10.2. The van der Waals surface area contributed by atoms with Crippen LogP contribution >= 0.6 is 0 Å². The molecule has 1 aliphatic rings. The molecular formula is C17H34O5. The van der Waals surface area contributed by atoms with Crippen molar-refractivity contribution in [3.63, 3.8) is 0 Å². The van der Waals surface area contributed by atoms with Gasteiger partial charge in [-0.1, -0.05) is 58.3 Å². The molecule has 132 valence electrons. The van der Waals surface area contributed by atoms with E-state index in [2.05, 4.69) is 6.92 Å². The maximum Gasteiger partial charge on any atom is 0.186 e. The normalized spacial score (nSPS) is 32.3. The Morgan fingerprint density at radius 2 is 1.32 bits per heavy atom. The van der Waals surface area contributed by atoms with Gasteiger partial charge in [0.05, 0.1) is 6.10 Å². The molecule has 5 atom stereocenters. The third kappa shape index (κ3) is 6.92. The summed E-state index contributed by atoms with van der Waals surface area (Å²) >= 11 is 0. The zero-order chi connectivity index (χ0) is 16.4. The lowest BCUT2D eigenvalue weighted by Gasteiger charge is -2.38. The van der Waals surface area contributed by atoms with E-state index >= 15 is 0 Å². The quantitative estimate of drug-likeness (QED) is 0.510. The fourth-order valence-corrected chi connectivity index (χ4v) is 2.76. The zero-order valence-electron chi connectivity index (χ0n) is 14.1. The fraction of sp³-hybridized carbons (Fsp3) is 1.00. The number of ether oxygens (including phenoxy) is 2. The Morgan fingerprint density at radius 3 is 1.91 bits per heavy atom. The zero-order valence-corrected chi connectivity index (χ0v) is 14.1. The van der Waals surface area contributed by atoms with Gasteiger partial charge in [0.2, 0.25) is 0 Å². The first-order valence-electron chi connectivity index (χ1n) is 8.89. The maximum absolute atomic E-state index is 9.81. The van der Waals surface area contributed by atoms with Crippen molar-refractivity contribution in [1.29, 1.82) is 0 Å². The summed E-state index contributed by atoms with van der Waals surface area (Å²) in [7, 11) is 0. The van der Waals surface area contributed by atoms with E-state index in [4.69, 9.17) is 9.47 Å². The molecule has 5 nitrogen and oxygen atoms in total. The van der Waals surface area contributed by atoms with E-state index in [1.165, 1.54) is 44.9 Å². The van der Waals surface area contributed by atoms with Crippen molar-refractivity contribution in [1.82, 2.24) is 0 Å². The van der Waals surface area contributed by atoms with Crippen molar-refractivity contribution in [3.8, 4) is 0 Å². The number of unbranched alkanes of at least 4 members (excludes halogenated alkanes) is 8. The van der Waals surface area contributed by atoms with Gasteiger partial charge < -0.3 is 24.8 Å². The maximum atomic E-state index is 9.81. The second kappa shape index (κ2) is 11.4. The molecule has 0 bridgehead atoms. The molecule has 22 heavy (non-hydrogen) atoms. The van der Waals surface area contributed by atoms with Crippen LogP contribution in [0.4, 0.5) is 0 Å². The van der Waals surface area contributed by atoms with E-state index in [1.54, 1.807) is 6.92 Å². The van der Waals surface area contributed by atoms with Gasteiger partial charge in [-0.25, -0.2) is 0 Å². The Morgan fingerprint density at radius 1 is 0.773 bits per heavy atom. The van der Waals surface area contributed by atoms with Crippen LogP contribution in [0.5, 0.6) is 0 Å². The van der Waals surface area contributed by atoms with Gasteiger partial charge >= 0.3 is 0 Å². The van der Waals surface area contributed by atoms with Crippen molar-refractivity contribution in [2.45, 2.75) is 102 Å². The molecule has 1 fully saturated rings. The van der Waals surface area contributed by atoms with Gasteiger partial charge in [-0.2, -0.15) is 0 Å². The molecule has 0 saturated carbocycles. The Bertz CT molecular complexity index is 274. The molecule has 0 unspecified atom stereocenters. The second-order valence-electron chi connectivity index (χ2n) is 6.38. The van der Waals surface area contributed by atoms with Crippen LogP contribution in [0.15, 0.2) is 0 Å². The van der Waals surface area contributed by atoms with Crippen molar-refractivity contribution >= 4 is 0 Å². The van der Waals surface area contributed by atoms with Gasteiger partial charge in [-0.3, -0.25) is 0 Å². The van der Waals surface area contributed by atoms with Gasteiger partial charge in [0.15, 0.2) is 6.29 Å². The summed E-state index contributed by atoms with van der Waals surface area (Å²) in [6.07, 6.45) is 6.30. The molecule has 0 amide bonds. The lowest BCUT2D eigenvalue weighted by atomic mass is 10.00. The fourth-order valence-electron chi connectivity index (χ4n) is 2.76. The SMILES string of the molecule is CCCCCCCCCCCO[C@@H]1O[C@H](C)[C@@H](O)[C@H](O)[C@H]1O. The number of rotatable bonds is 11. The molecule has 0 aromatic heterocycles. The summed E-state index contributed by atoms with van der Waals surface area (Å²) in [5.41, 5.74) is 0. The second-order valence-corrected chi connectivity index (χ2v) is 6.38. The molecule has 5 heteroatoms. The standard InChI is InChI=1S/C17H34O5/c1-3-4-5-6-7-8-9-10-11-12-21-17-16(20)15(19)14(18)13(2)22-17/h13-20H,3-12H2,1-2H3/t13-,14-,15+,16-,17-/m1/s1. The first kappa shape index (κ1) is 19.8. The van der Waals surface area contributed by atoms with Gasteiger partial charge in [-0.05, 0) is 13.3 Å². The average molecular weight is 318 g/mol. The van der Waals surface area contributed by atoms with Crippen molar-refractivity contribution in [2.75, 3.05) is 6.61 Å². The summed E-state index contributed by atoms with van der Waals surface area (Å²) in [5, 5.41) is 29.1. The van der Waals surface area contributed by atoms with Crippen molar-refractivity contribution in [3.05, 3.63) is 0 Å². The third-order valence-electron chi connectivity index (χ3n) is 4.34. The van der Waals surface area contributed by atoms with E-state index in [9.17, 15) is 15.3 Å². The first-order chi connectivity index (χ1) is 10.6. The van der Waals surface area contributed by atoms with Gasteiger partial charge in [-0.15, -0.1) is 0 Å². The molecular weight excluding hydrogens is 284 g/mol. The van der Waals surface area contributed by atoms with Crippen LogP contribution in [-0.4, -0.2) is 52.6 Å². The van der Waals surface area contributed by atoms with E-state index in [0.29, 0.717) is 6.61 Å². The molecule has 1 rings (SSSR count). The van der Waals surface area contributed by atoms with Crippen LogP contribution < -0.4 is 0 Å². The average Bonchev–Trinajstić information content (AvgIpc) is 2.51. The number of hydrogen-bond donors (Lipinski definition) is 3. The highest BCUT2D eigenvalue weighted by Gasteiger charge is 2.42. The Labute approximate surface area is 134 Å². The lowest BCUT2D eigenvalue weighted by Crippen LogP contribution is -2.57. The van der Waals surface area contributed by atoms with Crippen LogP contribution in [0.25, 0.3) is 0 Å². The minimum atomic E-state index is -1.21. The van der Waals surface area contributed by atoms with Gasteiger partial charge in [0.25, 0.3) is 0 Å². The van der Waals surface area contributed by atoms with E-state index in [0.717, 1.165) is 12.8 Å². The van der Waals surface area contributed by atoms with Crippen LogP contribution in [0.3, 0.4) is 0 Å². The molecule has 3 N–H and O–H groups in total. The minimum Gasteiger partial charge on any atom is -0.388 e. The predicted molar refractivity (Wildman–Crippen MR) is 85.5 cm³/mol. The van der Waals surface area contributed by atoms with Crippen LogP contribution in [-0.2, 0) is 9.47 Å². The van der Waals surface area contributed by atoms with E-state index in [1.807, 2.05) is 0 Å². The van der Waals surface area contributed by atoms with Crippen molar-refractivity contribution in [2.24, 2.45) is 0 Å². The largest absolute Gasteiger partial charge is 0.388 e. The Hall–Kier alpha value is -0.200. The van der Waals surface area contributed by atoms with Crippen LogP contribution in [0.1, 0.15) is 71.6 Å². The van der Waals surface area contributed by atoms with E-state index in [-0.39, 0.29) is 0 Å². The van der Waals surface area contributed by atoms with Gasteiger partial charge in [0.1, 0.15) is 18.3 Å². The molecule has 0 aliphatic carbocycles. The topological polar surface area (TPSA) is 79.2 Å². The highest BCUT2D eigenvalue weighted by atomic mass is 16.7. The molecule has 1 aliphatic heterocycles. The highest BCUT2D eigenvalue weighted by Crippen LogP contribution is 2.22. The smallest absolute Gasteiger partial charge is 0.186 e. The van der Waals surface area contributed by atoms with Crippen molar-refractivity contribution < 1.29 is 24.8 Å². The Balaban J connectivity index is 2.00. The summed E-state index contributed by atoms with van der Waals surface area (Å²) in [6.45, 7) is 4.40. The summed E-state index contributed by atoms with van der Waals surface area (Å²) in [5.74, 6) is 0. The molecule has 0 aromatic carbocycles. The molecule has 1 heterocycles. The molecule has 0 spiro atoms. The minimum absolute atomic E-state index is 0.507. The predicted octanol–water partition coefficient (Wildman–Crippen LogP) is 2.36. The monoisotopic (exact) mass is 318 g/mol. The van der Waals surface area contributed by atoms with Crippen LogP contribution in [0, 0.1) is 0 Å². The molecule has 0 aromatic rings. The third-order valence-corrected chi connectivity index (χ3v) is 4.34. The lowest BCUT2D eigenvalue weighted by molar-refractivity contribution is -0.293. The number of aliphatic hydroxyl groups excluding tert-OH is 3. The van der Waals surface area contributed by atoms with Crippen LogP contribution in [0.2, 0.25) is 0 Å². The number of aliphatic hydroxyl groups is 3. The van der Waals surface area contributed by atoms with Gasteiger partial charge in [0, 0.05) is 6.61 Å². The van der Waals surface area contributed by atoms with E-state index < -0.39 is 30.7 Å². The summed E-state index contributed by atoms with van der Waals surface area (Å²) in [4.78, 5) is 0. The number of hydrogen-bond acceptors (Lipinski definition) is 5. The first-order valence-corrected chi connectivity index (χ1v) is 8.89. The summed E-state index contributed by atoms with van der Waals surface area (Å²) in [6, 6.07) is 0. The molecule has 1 saturated heterocycles. The summed E-state index contributed by atoms with van der Waals surface area (Å²) < 4.78 is 10.9. The molecule has 0 radical (unpaired) electrons. The highest BCUT2D eigenvalue weighted by molar-refractivity contribution is 4.87.